The summed E-state index contributed by atoms with van der Waals surface area (Å²) in [6.07, 6.45) is 4.18. The average molecular weight is 241 g/mol. The fraction of sp³-hybridized carbons (Fsp3) is 0.100. The van der Waals surface area contributed by atoms with Crippen molar-refractivity contribution in [3.63, 3.8) is 0 Å². The van der Waals surface area contributed by atoms with Gasteiger partial charge in [0.2, 0.25) is 0 Å². The summed E-state index contributed by atoms with van der Waals surface area (Å²) in [4.78, 5) is 10.5. The Morgan fingerprint density at radius 3 is 2.62 bits per heavy atom. The first-order valence-corrected chi connectivity index (χ1v) is 4.58. The van der Waals surface area contributed by atoms with Gasteiger partial charge in [-0.05, 0) is 23.8 Å². The number of benzene rings is 1. The first-order chi connectivity index (χ1) is 6.26. The Labute approximate surface area is 85.0 Å². The van der Waals surface area contributed by atoms with Crippen molar-refractivity contribution in [1.82, 2.24) is 0 Å². The molecular weight excluding hydrogens is 232 g/mol. The molecule has 0 saturated heterocycles. The topological polar surface area (TPSA) is 37.3 Å². The van der Waals surface area contributed by atoms with E-state index < -0.39 is 0 Å². The van der Waals surface area contributed by atoms with Crippen molar-refractivity contribution in [1.29, 1.82) is 0 Å². The Morgan fingerprint density at radius 2 is 2.00 bits per heavy atom. The number of halogens is 1. The molecule has 0 amide bonds. The van der Waals surface area contributed by atoms with Crippen LogP contribution in [0.25, 0.3) is 6.08 Å². The molecule has 0 atom stereocenters. The molecule has 68 valence electrons. The highest BCUT2D eigenvalue weighted by Crippen LogP contribution is 2.15. The van der Waals surface area contributed by atoms with Crippen LogP contribution in [-0.2, 0) is 0 Å². The molecule has 0 heterocycles. The molecule has 0 aromatic heterocycles. The van der Waals surface area contributed by atoms with Gasteiger partial charge >= 0.3 is 0 Å². The number of carbonyl (C=O) groups is 1. The lowest BCUT2D eigenvalue weighted by molar-refractivity contribution is 0.112. The molecule has 1 N–H and O–H groups in total. The third kappa shape index (κ3) is 3.13. The highest BCUT2D eigenvalue weighted by molar-refractivity contribution is 9.10. The van der Waals surface area contributed by atoms with Crippen LogP contribution in [0, 0.1) is 0 Å². The minimum absolute atomic E-state index is 0.00291. The predicted molar refractivity (Wildman–Crippen MR) is 55.6 cm³/mol. The molecule has 13 heavy (non-hydrogen) atoms. The molecule has 1 aromatic rings. The Kier molecular flexibility index (Phi) is 3.86. The maximum atomic E-state index is 10.5. The molecule has 1 rings (SSSR count). The van der Waals surface area contributed by atoms with E-state index in [1.165, 1.54) is 0 Å². The molecular formula is C10H9BrO2. The number of carbonyl (C=O) groups excluding carboxylic acids is 1. The fourth-order valence-corrected chi connectivity index (χ4v) is 1.52. The van der Waals surface area contributed by atoms with E-state index in [-0.39, 0.29) is 6.61 Å². The van der Waals surface area contributed by atoms with Crippen LogP contribution in [0.3, 0.4) is 0 Å². The Balaban J connectivity index is 3.01. The first-order valence-electron chi connectivity index (χ1n) is 3.79. The zero-order valence-corrected chi connectivity index (χ0v) is 8.49. The van der Waals surface area contributed by atoms with Gasteiger partial charge in [-0.3, -0.25) is 4.79 Å². The van der Waals surface area contributed by atoms with Crippen LogP contribution in [0.15, 0.2) is 28.7 Å². The van der Waals surface area contributed by atoms with Crippen molar-refractivity contribution in [3.05, 3.63) is 39.9 Å². The minimum Gasteiger partial charge on any atom is -0.392 e. The lowest BCUT2D eigenvalue weighted by Gasteiger charge is -1.97. The standard InChI is InChI=1S/C10H9BrO2/c11-10-5-8(2-1-3-12)4-9(6-10)7-13/h1-2,4-7,12H,3H2. The van der Waals surface area contributed by atoms with Crippen LogP contribution < -0.4 is 0 Å². The molecule has 0 aliphatic heterocycles. The summed E-state index contributed by atoms with van der Waals surface area (Å²) in [5, 5.41) is 8.56. The lowest BCUT2D eigenvalue weighted by atomic mass is 10.1. The highest BCUT2D eigenvalue weighted by atomic mass is 79.9. The second-order valence-corrected chi connectivity index (χ2v) is 3.44. The third-order valence-corrected chi connectivity index (χ3v) is 1.95. The van der Waals surface area contributed by atoms with E-state index in [0.29, 0.717) is 5.56 Å². The normalized spacial score (nSPS) is 10.6. The van der Waals surface area contributed by atoms with Crippen molar-refractivity contribution in [2.24, 2.45) is 0 Å². The fourth-order valence-electron chi connectivity index (χ4n) is 0.989. The highest BCUT2D eigenvalue weighted by Gasteiger charge is 1.95. The first kappa shape index (κ1) is 10.2. The van der Waals surface area contributed by atoms with E-state index in [0.717, 1.165) is 16.3 Å². The van der Waals surface area contributed by atoms with Gasteiger partial charge in [0.15, 0.2) is 0 Å². The average Bonchev–Trinajstić information content (AvgIpc) is 2.14. The van der Waals surface area contributed by atoms with E-state index in [4.69, 9.17) is 5.11 Å². The molecule has 0 aliphatic rings. The van der Waals surface area contributed by atoms with Gasteiger partial charge in [-0.2, -0.15) is 0 Å². The Hall–Kier alpha value is -0.930. The molecule has 0 saturated carbocycles. The van der Waals surface area contributed by atoms with Crippen molar-refractivity contribution in [2.45, 2.75) is 0 Å². The molecule has 0 spiro atoms. The van der Waals surface area contributed by atoms with E-state index in [1.807, 2.05) is 6.07 Å². The molecule has 2 nitrogen and oxygen atoms in total. The van der Waals surface area contributed by atoms with E-state index in [2.05, 4.69) is 15.9 Å². The largest absolute Gasteiger partial charge is 0.392 e. The summed E-state index contributed by atoms with van der Waals surface area (Å²) in [5.74, 6) is 0. The number of hydrogen-bond donors (Lipinski definition) is 1. The van der Waals surface area contributed by atoms with Gasteiger partial charge in [0.05, 0.1) is 6.61 Å². The van der Waals surface area contributed by atoms with Crippen LogP contribution in [-0.4, -0.2) is 18.0 Å². The van der Waals surface area contributed by atoms with Crippen molar-refractivity contribution >= 4 is 28.3 Å². The molecule has 3 heteroatoms. The maximum Gasteiger partial charge on any atom is 0.150 e. The summed E-state index contributed by atoms with van der Waals surface area (Å²) in [5.41, 5.74) is 1.51. The summed E-state index contributed by atoms with van der Waals surface area (Å²) in [6, 6.07) is 5.37. The molecule has 0 aliphatic carbocycles. The van der Waals surface area contributed by atoms with E-state index in [9.17, 15) is 4.79 Å². The summed E-state index contributed by atoms with van der Waals surface area (Å²) < 4.78 is 0.856. The molecule has 0 bridgehead atoms. The third-order valence-electron chi connectivity index (χ3n) is 1.49. The molecule has 0 fully saturated rings. The Bertz CT molecular complexity index is 332. The summed E-state index contributed by atoms with van der Waals surface area (Å²) in [6.45, 7) is 0.00291. The SMILES string of the molecule is O=Cc1cc(Br)cc(C=CCO)c1. The van der Waals surface area contributed by atoms with Crippen molar-refractivity contribution in [2.75, 3.05) is 6.61 Å². The second kappa shape index (κ2) is 4.94. The quantitative estimate of drug-likeness (QED) is 0.824. The van der Waals surface area contributed by atoms with Gasteiger partial charge in [0.25, 0.3) is 0 Å². The van der Waals surface area contributed by atoms with Crippen LogP contribution in [0.2, 0.25) is 0 Å². The van der Waals surface area contributed by atoms with Gasteiger partial charge in [0, 0.05) is 10.0 Å². The predicted octanol–water partition coefficient (Wildman–Crippen LogP) is 2.27. The zero-order chi connectivity index (χ0) is 9.68. The smallest absolute Gasteiger partial charge is 0.150 e. The van der Waals surface area contributed by atoms with Gasteiger partial charge < -0.3 is 5.11 Å². The lowest BCUT2D eigenvalue weighted by Crippen LogP contribution is -1.82. The minimum atomic E-state index is 0.00291. The monoisotopic (exact) mass is 240 g/mol. The van der Waals surface area contributed by atoms with Gasteiger partial charge in [-0.15, -0.1) is 0 Å². The van der Waals surface area contributed by atoms with Crippen LogP contribution in [0.5, 0.6) is 0 Å². The van der Waals surface area contributed by atoms with Crippen LogP contribution >= 0.6 is 15.9 Å². The van der Waals surface area contributed by atoms with Gasteiger partial charge in [0.1, 0.15) is 6.29 Å². The summed E-state index contributed by atoms with van der Waals surface area (Å²) in [7, 11) is 0. The van der Waals surface area contributed by atoms with E-state index >= 15 is 0 Å². The zero-order valence-electron chi connectivity index (χ0n) is 6.90. The van der Waals surface area contributed by atoms with Gasteiger partial charge in [-0.25, -0.2) is 0 Å². The number of aliphatic hydroxyl groups is 1. The number of aldehydes is 1. The summed E-state index contributed by atoms with van der Waals surface area (Å²) >= 11 is 3.29. The van der Waals surface area contributed by atoms with Crippen LogP contribution in [0.4, 0.5) is 0 Å². The van der Waals surface area contributed by atoms with Crippen molar-refractivity contribution < 1.29 is 9.90 Å². The maximum absolute atomic E-state index is 10.5. The number of hydrogen-bond acceptors (Lipinski definition) is 2. The van der Waals surface area contributed by atoms with Gasteiger partial charge in [-0.1, -0.05) is 28.1 Å². The van der Waals surface area contributed by atoms with E-state index in [1.54, 1.807) is 24.3 Å². The second-order valence-electron chi connectivity index (χ2n) is 2.52. The van der Waals surface area contributed by atoms with Crippen molar-refractivity contribution in [3.8, 4) is 0 Å². The molecule has 0 radical (unpaired) electrons. The van der Waals surface area contributed by atoms with Crippen LogP contribution in [0.1, 0.15) is 15.9 Å². The molecule has 1 aromatic carbocycles. The number of aliphatic hydroxyl groups excluding tert-OH is 1. The number of rotatable bonds is 3. The Morgan fingerprint density at radius 1 is 1.31 bits per heavy atom. The molecule has 0 unspecified atom stereocenters.